The Morgan fingerprint density at radius 3 is 2.18 bits per heavy atom. The first kappa shape index (κ1) is 23.3. The zero-order valence-corrected chi connectivity index (χ0v) is 18.4. The summed E-state index contributed by atoms with van der Waals surface area (Å²) in [6, 6.07) is 12.5. The Balaban J connectivity index is 1.52. The normalized spacial score (nSPS) is 18.7. The Hall–Kier alpha value is -2.87. The van der Waals surface area contributed by atoms with E-state index in [1.54, 1.807) is 6.07 Å². The van der Waals surface area contributed by atoms with Crippen molar-refractivity contribution in [2.24, 2.45) is 11.8 Å². The van der Waals surface area contributed by atoms with Crippen LogP contribution in [0, 0.1) is 35.3 Å². The van der Waals surface area contributed by atoms with Gasteiger partial charge in [-0.15, -0.1) is 0 Å². The van der Waals surface area contributed by atoms with Crippen molar-refractivity contribution in [2.45, 2.75) is 51.6 Å². The zero-order chi connectivity index (χ0) is 23.6. The predicted octanol–water partition coefficient (Wildman–Crippen LogP) is 8.76. The molecule has 0 unspecified atom stereocenters. The summed E-state index contributed by atoms with van der Waals surface area (Å²) >= 11 is 0. The number of hydrogen-bond acceptors (Lipinski definition) is 0. The summed E-state index contributed by atoms with van der Waals surface area (Å²) in [5.41, 5.74) is 0.490. The highest BCUT2D eigenvalue weighted by Gasteiger charge is 2.38. The van der Waals surface area contributed by atoms with E-state index >= 15 is 0 Å². The van der Waals surface area contributed by atoms with Crippen molar-refractivity contribution in [3.8, 4) is 23.0 Å². The molecule has 0 heterocycles. The predicted molar refractivity (Wildman–Crippen MR) is 122 cm³/mol. The SMILES string of the molecule is CCCC1CCC(C#Cc2ccc(-c3ccc4c(F)c(C(F)(F)F)c(F)cc4c3)cc2)CC1. The van der Waals surface area contributed by atoms with E-state index in [4.69, 9.17) is 0 Å². The Morgan fingerprint density at radius 2 is 1.55 bits per heavy atom. The average Bonchev–Trinajstić information content (AvgIpc) is 2.78. The van der Waals surface area contributed by atoms with Gasteiger partial charge in [-0.1, -0.05) is 55.9 Å². The van der Waals surface area contributed by atoms with Gasteiger partial charge in [0.1, 0.15) is 17.2 Å². The van der Waals surface area contributed by atoms with E-state index < -0.39 is 23.4 Å². The highest BCUT2D eigenvalue weighted by Crippen LogP contribution is 2.38. The maximum Gasteiger partial charge on any atom is 0.422 e. The van der Waals surface area contributed by atoms with Gasteiger partial charge in [-0.05, 0) is 72.4 Å². The van der Waals surface area contributed by atoms with Crippen LogP contribution in [-0.2, 0) is 6.18 Å². The van der Waals surface area contributed by atoms with Crippen LogP contribution in [0.4, 0.5) is 22.0 Å². The maximum atomic E-state index is 14.3. The van der Waals surface area contributed by atoms with E-state index in [0.717, 1.165) is 36.0 Å². The summed E-state index contributed by atoms with van der Waals surface area (Å²) in [5.74, 6) is 4.72. The second-order valence-electron chi connectivity index (χ2n) is 8.83. The lowest BCUT2D eigenvalue weighted by molar-refractivity contribution is -0.142. The Labute approximate surface area is 190 Å². The number of hydrogen-bond donors (Lipinski definition) is 0. The summed E-state index contributed by atoms with van der Waals surface area (Å²) in [4.78, 5) is 0. The summed E-state index contributed by atoms with van der Waals surface area (Å²) in [6.07, 6.45) is 2.25. The number of rotatable bonds is 3. The van der Waals surface area contributed by atoms with E-state index in [-0.39, 0.29) is 10.8 Å². The molecule has 0 aromatic heterocycles. The molecule has 0 saturated heterocycles. The molecule has 0 spiro atoms. The van der Waals surface area contributed by atoms with Gasteiger partial charge in [0.25, 0.3) is 0 Å². The molecule has 0 atom stereocenters. The summed E-state index contributed by atoms with van der Waals surface area (Å²) in [7, 11) is 0. The summed E-state index contributed by atoms with van der Waals surface area (Å²) < 4.78 is 67.2. The topological polar surface area (TPSA) is 0 Å². The Bertz CT molecular complexity index is 1190. The molecule has 5 heteroatoms. The third-order valence-electron chi connectivity index (χ3n) is 6.49. The molecule has 0 aliphatic heterocycles. The standard InChI is InChI=1S/C28H25F5/c1-2-3-18-4-6-19(7-5-18)8-9-20-10-12-21(13-11-20)22-14-15-24-23(16-22)17-25(29)26(27(24)30)28(31,32)33/h10-19H,2-7H2,1H3. The van der Waals surface area contributed by atoms with E-state index in [1.807, 2.05) is 24.3 Å². The van der Waals surface area contributed by atoms with Gasteiger partial charge in [-0.3, -0.25) is 0 Å². The molecule has 1 aliphatic carbocycles. The highest BCUT2D eigenvalue weighted by atomic mass is 19.4. The lowest BCUT2D eigenvalue weighted by Gasteiger charge is -2.25. The van der Waals surface area contributed by atoms with Crippen molar-refractivity contribution in [3.63, 3.8) is 0 Å². The largest absolute Gasteiger partial charge is 0.422 e. The van der Waals surface area contributed by atoms with Crippen molar-refractivity contribution in [2.75, 3.05) is 0 Å². The van der Waals surface area contributed by atoms with E-state index in [9.17, 15) is 22.0 Å². The first-order valence-corrected chi connectivity index (χ1v) is 11.4. The lowest BCUT2D eigenvalue weighted by atomic mass is 9.80. The molecule has 0 radical (unpaired) electrons. The highest BCUT2D eigenvalue weighted by molar-refractivity contribution is 5.88. The molecule has 1 fully saturated rings. The quantitative estimate of drug-likeness (QED) is 0.273. The maximum absolute atomic E-state index is 14.3. The van der Waals surface area contributed by atoms with Crippen LogP contribution < -0.4 is 0 Å². The third kappa shape index (κ3) is 5.21. The van der Waals surface area contributed by atoms with Crippen LogP contribution in [0.15, 0.2) is 48.5 Å². The minimum atomic E-state index is -5.09. The molecule has 3 aromatic carbocycles. The van der Waals surface area contributed by atoms with Crippen LogP contribution in [-0.4, -0.2) is 0 Å². The molecule has 0 nitrogen and oxygen atoms in total. The molecular formula is C28H25F5. The average molecular weight is 456 g/mol. The summed E-state index contributed by atoms with van der Waals surface area (Å²) in [6.45, 7) is 2.23. The van der Waals surface area contributed by atoms with Crippen molar-refractivity contribution in [1.82, 2.24) is 0 Å². The van der Waals surface area contributed by atoms with Gasteiger partial charge in [-0.2, -0.15) is 13.2 Å². The van der Waals surface area contributed by atoms with Gasteiger partial charge in [0.2, 0.25) is 0 Å². The second kappa shape index (κ2) is 9.55. The fourth-order valence-corrected chi connectivity index (χ4v) is 4.70. The van der Waals surface area contributed by atoms with Crippen molar-refractivity contribution in [1.29, 1.82) is 0 Å². The molecule has 0 bridgehead atoms. The lowest BCUT2D eigenvalue weighted by Crippen LogP contribution is -2.13. The van der Waals surface area contributed by atoms with Gasteiger partial charge >= 0.3 is 6.18 Å². The first-order valence-electron chi connectivity index (χ1n) is 11.4. The Kier molecular flexibility index (Phi) is 6.74. The number of fused-ring (bicyclic) bond motifs is 1. The minimum absolute atomic E-state index is 0.0815. The molecule has 172 valence electrons. The van der Waals surface area contributed by atoms with E-state index in [1.165, 1.54) is 37.8 Å². The molecule has 3 aromatic rings. The van der Waals surface area contributed by atoms with Gasteiger partial charge in [0.15, 0.2) is 0 Å². The van der Waals surface area contributed by atoms with Crippen LogP contribution >= 0.6 is 0 Å². The number of alkyl halides is 3. The molecule has 0 N–H and O–H groups in total. The zero-order valence-electron chi connectivity index (χ0n) is 18.4. The van der Waals surface area contributed by atoms with Crippen molar-refractivity contribution in [3.05, 3.63) is 71.3 Å². The Morgan fingerprint density at radius 1 is 0.879 bits per heavy atom. The smallest absolute Gasteiger partial charge is 0.206 e. The molecule has 1 saturated carbocycles. The number of benzene rings is 3. The van der Waals surface area contributed by atoms with Crippen molar-refractivity contribution >= 4 is 10.8 Å². The van der Waals surface area contributed by atoms with Gasteiger partial charge in [0.05, 0.1) is 0 Å². The fourth-order valence-electron chi connectivity index (χ4n) is 4.70. The monoisotopic (exact) mass is 456 g/mol. The van der Waals surface area contributed by atoms with Crippen molar-refractivity contribution < 1.29 is 22.0 Å². The molecule has 33 heavy (non-hydrogen) atoms. The van der Waals surface area contributed by atoms with Crippen LogP contribution in [0.3, 0.4) is 0 Å². The van der Waals surface area contributed by atoms with E-state index in [0.29, 0.717) is 11.5 Å². The summed E-state index contributed by atoms with van der Waals surface area (Å²) in [5, 5.41) is -0.179. The molecule has 0 amide bonds. The van der Waals surface area contributed by atoms with Crippen LogP contribution in [0.2, 0.25) is 0 Å². The van der Waals surface area contributed by atoms with Gasteiger partial charge in [0, 0.05) is 16.9 Å². The third-order valence-corrected chi connectivity index (χ3v) is 6.49. The molecule has 1 aliphatic rings. The van der Waals surface area contributed by atoms with E-state index in [2.05, 4.69) is 18.8 Å². The molecular weight excluding hydrogens is 431 g/mol. The van der Waals surface area contributed by atoms with Gasteiger partial charge in [-0.25, -0.2) is 8.78 Å². The fraction of sp³-hybridized carbons (Fsp3) is 0.357. The van der Waals surface area contributed by atoms with Crippen LogP contribution in [0.25, 0.3) is 21.9 Å². The number of halogens is 5. The van der Waals surface area contributed by atoms with Crippen LogP contribution in [0.5, 0.6) is 0 Å². The first-order chi connectivity index (χ1) is 15.8. The minimum Gasteiger partial charge on any atom is -0.206 e. The van der Waals surface area contributed by atoms with Gasteiger partial charge < -0.3 is 0 Å². The second-order valence-corrected chi connectivity index (χ2v) is 8.83. The molecule has 4 rings (SSSR count). The van der Waals surface area contributed by atoms with Crippen LogP contribution in [0.1, 0.15) is 56.6 Å².